The van der Waals surface area contributed by atoms with E-state index in [-0.39, 0.29) is 18.5 Å². The normalized spacial score (nSPS) is 15.4. The molecule has 0 aromatic heterocycles. The van der Waals surface area contributed by atoms with Gasteiger partial charge in [0.05, 0.1) is 6.04 Å². The maximum absolute atomic E-state index is 11.8. The third kappa shape index (κ3) is 5.61. The van der Waals surface area contributed by atoms with Gasteiger partial charge in [0, 0.05) is 6.54 Å². The number of benzene rings is 1. The van der Waals surface area contributed by atoms with Crippen molar-refractivity contribution in [3.63, 3.8) is 0 Å². The number of carbonyl (C=O) groups excluding carboxylic acids is 2. The monoisotopic (exact) mass is 318 g/mol. The lowest BCUT2D eigenvalue weighted by Gasteiger charge is -2.23. The molecule has 2 rings (SSSR count). The second kappa shape index (κ2) is 7.13. The smallest absolute Gasteiger partial charge is 0.407 e. The quantitative estimate of drug-likeness (QED) is 0.781. The van der Waals surface area contributed by atoms with E-state index < -0.39 is 11.7 Å². The van der Waals surface area contributed by atoms with E-state index in [1.54, 1.807) is 0 Å². The van der Waals surface area contributed by atoms with E-state index in [1.165, 1.54) is 0 Å². The molecule has 0 unspecified atom stereocenters. The number of nitrogens with one attached hydrogen (secondary N) is 3. The van der Waals surface area contributed by atoms with E-state index >= 15 is 0 Å². The van der Waals surface area contributed by atoms with Crippen molar-refractivity contribution in [2.75, 3.05) is 13.1 Å². The van der Waals surface area contributed by atoms with Crippen molar-refractivity contribution in [3.8, 4) is 0 Å². The molecule has 0 fully saturated rings. The molecule has 23 heavy (non-hydrogen) atoms. The summed E-state index contributed by atoms with van der Waals surface area (Å²) in [5, 5.41) is 8.50. The Morgan fingerprint density at radius 1 is 1.35 bits per heavy atom. The Labute approximate surface area is 135 Å². The Morgan fingerprint density at radius 2 is 2.04 bits per heavy atom. The SMILES string of the molecule is CC(C)(C)OC(=O)NC[C@H](NC1=NCC(=O)N1)c1ccccc1. The van der Waals surface area contributed by atoms with Crippen molar-refractivity contribution in [2.45, 2.75) is 32.4 Å². The second-order valence-corrected chi connectivity index (χ2v) is 6.20. The van der Waals surface area contributed by atoms with Crippen molar-refractivity contribution in [1.82, 2.24) is 16.0 Å². The van der Waals surface area contributed by atoms with Crippen LogP contribution in [-0.4, -0.2) is 36.7 Å². The number of rotatable bonds is 4. The molecule has 7 nitrogen and oxygen atoms in total. The molecular weight excluding hydrogens is 296 g/mol. The van der Waals surface area contributed by atoms with E-state index in [1.807, 2.05) is 51.1 Å². The predicted molar refractivity (Wildman–Crippen MR) is 87.0 cm³/mol. The zero-order chi connectivity index (χ0) is 16.9. The second-order valence-electron chi connectivity index (χ2n) is 6.20. The van der Waals surface area contributed by atoms with E-state index in [9.17, 15) is 9.59 Å². The highest BCUT2D eigenvalue weighted by atomic mass is 16.6. The Balaban J connectivity index is 1.99. The first-order valence-electron chi connectivity index (χ1n) is 7.46. The zero-order valence-corrected chi connectivity index (χ0v) is 13.6. The van der Waals surface area contributed by atoms with E-state index in [0.29, 0.717) is 12.5 Å². The Bertz CT molecular complexity index is 593. The fourth-order valence-electron chi connectivity index (χ4n) is 2.05. The number of ether oxygens (including phenoxy) is 1. The van der Waals surface area contributed by atoms with Crippen LogP contribution in [0.2, 0.25) is 0 Å². The molecule has 0 radical (unpaired) electrons. The Hall–Kier alpha value is -2.57. The first-order valence-corrected chi connectivity index (χ1v) is 7.46. The van der Waals surface area contributed by atoms with Gasteiger partial charge in [0.2, 0.25) is 5.91 Å². The summed E-state index contributed by atoms with van der Waals surface area (Å²) in [6.45, 7) is 5.84. The summed E-state index contributed by atoms with van der Waals surface area (Å²) < 4.78 is 5.23. The van der Waals surface area contributed by atoms with Gasteiger partial charge in [0.1, 0.15) is 12.1 Å². The number of guanidine groups is 1. The molecule has 2 amide bonds. The molecule has 7 heteroatoms. The molecule has 3 N–H and O–H groups in total. The molecule has 124 valence electrons. The first-order chi connectivity index (χ1) is 10.8. The number of carbonyl (C=O) groups is 2. The molecule has 1 aromatic rings. The Morgan fingerprint density at radius 3 is 2.61 bits per heavy atom. The van der Waals surface area contributed by atoms with Crippen LogP contribution in [0, 0.1) is 0 Å². The molecular formula is C16H22N4O3. The minimum Gasteiger partial charge on any atom is -0.444 e. The van der Waals surface area contributed by atoms with E-state index in [0.717, 1.165) is 5.56 Å². The lowest BCUT2D eigenvalue weighted by molar-refractivity contribution is -0.117. The van der Waals surface area contributed by atoms with Crippen molar-refractivity contribution < 1.29 is 14.3 Å². The van der Waals surface area contributed by atoms with Crippen LogP contribution in [0.5, 0.6) is 0 Å². The maximum Gasteiger partial charge on any atom is 0.407 e. The molecule has 1 aromatic carbocycles. The van der Waals surface area contributed by atoms with Crippen LogP contribution in [0.1, 0.15) is 32.4 Å². The van der Waals surface area contributed by atoms with Gasteiger partial charge in [0.15, 0.2) is 5.96 Å². The van der Waals surface area contributed by atoms with Crippen LogP contribution in [0.15, 0.2) is 35.3 Å². The van der Waals surface area contributed by atoms with Crippen LogP contribution in [-0.2, 0) is 9.53 Å². The molecule has 0 saturated heterocycles. The number of alkyl carbamates (subject to hydrolysis) is 1. The molecule has 1 heterocycles. The standard InChI is InChI=1S/C16H22N4O3/c1-16(2,3)23-15(22)18-9-12(11-7-5-4-6-8-11)19-14-17-10-13(21)20-14/h4-8,12H,9-10H2,1-3H3,(H,18,22)(H2,17,19,20,21)/t12-/m0/s1. The molecule has 0 saturated carbocycles. The van der Waals surface area contributed by atoms with Crippen molar-refractivity contribution in [1.29, 1.82) is 0 Å². The van der Waals surface area contributed by atoms with Crippen LogP contribution >= 0.6 is 0 Å². The number of aliphatic imine (C=N–C) groups is 1. The molecule has 0 aliphatic carbocycles. The van der Waals surface area contributed by atoms with Crippen LogP contribution < -0.4 is 16.0 Å². The number of hydrogen-bond acceptors (Lipinski definition) is 5. The van der Waals surface area contributed by atoms with Gasteiger partial charge in [-0.05, 0) is 26.3 Å². The van der Waals surface area contributed by atoms with Crippen molar-refractivity contribution in [2.24, 2.45) is 4.99 Å². The van der Waals surface area contributed by atoms with Gasteiger partial charge in [-0.3, -0.25) is 10.1 Å². The number of nitrogens with zero attached hydrogens (tertiary/aromatic N) is 1. The summed E-state index contributed by atoms with van der Waals surface area (Å²) in [7, 11) is 0. The van der Waals surface area contributed by atoms with E-state index in [2.05, 4.69) is 20.9 Å². The van der Waals surface area contributed by atoms with Crippen LogP contribution in [0.4, 0.5) is 4.79 Å². The van der Waals surface area contributed by atoms with Crippen molar-refractivity contribution in [3.05, 3.63) is 35.9 Å². The minimum absolute atomic E-state index is 0.114. The number of hydrogen-bond donors (Lipinski definition) is 3. The van der Waals surface area contributed by atoms with Crippen LogP contribution in [0.3, 0.4) is 0 Å². The summed E-state index contributed by atoms with van der Waals surface area (Å²) in [6, 6.07) is 9.37. The van der Waals surface area contributed by atoms with Gasteiger partial charge >= 0.3 is 6.09 Å². The van der Waals surface area contributed by atoms with Gasteiger partial charge in [-0.1, -0.05) is 30.3 Å². The molecule has 1 atom stereocenters. The summed E-state index contributed by atoms with van der Waals surface area (Å²) in [5.41, 5.74) is 0.413. The Kier molecular flexibility index (Phi) is 5.20. The average molecular weight is 318 g/mol. The molecule has 0 bridgehead atoms. The summed E-state index contributed by atoms with van der Waals surface area (Å²) in [5.74, 6) is 0.259. The molecule has 1 aliphatic rings. The highest BCUT2D eigenvalue weighted by Crippen LogP contribution is 2.13. The average Bonchev–Trinajstić information content (AvgIpc) is 2.88. The zero-order valence-electron chi connectivity index (χ0n) is 13.6. The lowest BCUT2D eigenvalue weighted by atomic mass is 10.1. The lowest BCUT2D eigenvalue weighted by Crippen LogP contribution is -2.43. The summed E-state index contributed by atoms with van der Waals surface area (Å²) >= 11 is 0. The van der Waals surface area contributed by atoms with Gasteiger partial charge in [-0.2, -0.15) is 0 Å². The van der Waals surface area contributed by atoms with Crippen LogP contribution in [0.25, 0.3) is 0 Å². The molecule has 0 spiro atoms. The van der Waals surface area contributed by atoms with Gasteiger partial charge in [0.25, 0.3) is 0 Å². The maximum atomic E-state index is 11.8. The first kappa shape index (κ1) is 16.8. The van der Waals surface area contributed by atoms with E-state index in [4.69, 9.17) is 4.74 Å². The van der Waals surface area contributed by atoms with Gasteiger partial charge in [-0.15, -0.1) is 0 Å². The summed E-state index contributed by atoms with van der Waals surface area (Å²) in [4.78, 5) is 27.1. The number of amides is 2. The molecule has 1 aliphatic heterocycles. The van der Waals surface area contributed by atoms with Gasteiger partial charge < -0.3 is 15.4 Å². The third-order valence-corrected chi connectivity index (χ3v) is 3.00. The predicted octanol–water partition coefficient (Wildman–Crippen LogP) is 1.33. The fraction of sp³-hybridized carbons (Fsp3) is 0.438. The largest absolute Gasteiger partial charge is 0.444 e. The highest BCUT2D eigenvalue weighted by Gasteiger charge is 2.21. The van der Waals surface area contributed by atoms with Crippen molar-refractivity contribution >= 4 is 18.0 Å². The highest BCUT2D eigenvalue weighted by molar-refractivity contribution is 6.03. The van der Waals surface area contributed by atoms with Gasteiger partial charge in [-0.25, -0.2) is 9.79 Å². The minimum atomic E-state index is -0.552. The topological polar surface area (TPSA) is 91.8 Å². The fourth-order valence-corrected chi connectivity index (χ4v) is 2.05. The third-order valence-electron chi connectivity index (χ3n) is 3.00. The summed E-state index contributed by atoms with van der Waals surface area (Å²) in [6.07, 6.45) is -0.488.